The van der Waals surface area contributed by atoms with Crippen LogP contribution in [0.15, 0.2) is 0 Å². The molecule has 0 aliphatic rings. The van der Waals surface area contributed by atoms with Crippen molar-refractivity contribution >= 4 is 11.8 Å². The van der Waals surface area contributed by atoms with Gasteiger partial charge in [0, 0.05) is 18.4 Å². The highest BCUT2D eigenvalue weighted by Gasteiger charge is 2.02. The lowest BCUT2D eigenvalue weighted by Crippen LogP contribution is -2.31. The summed E-state index contributed by atoms with van der Waals surface area (Å²) in [5.41, 5.74) is 0. The number of aliphatic hydroxyl groups is 1. The van der Waals surface area contributed by atoms with Gasteiger partial charge in [0.2, 0.25) is 0 Å². The van der Waals surface area contributed by atoms with Crippen molar-refractivity contribution < 1.29 is 5.11 Å². The molecule has 12 heavy (non-hydrogen) atoms. The lowest BCUT2D eigenvalue weighted by atomic mass is 10.2. The van der Waals surface area contributed by atoms with E-state index in [4.69, 9.17) is 5.11 Å². The molecule has 3 heteroatoms. The maximum Gasteiger partial charge on any atom is 0.0431 e. The average Bonchev–Trinajstić information content (AvgIpc) is 2.10. The number of rotatable bonds is 8. The zero-order valence-electron chi connectivity index (χ0n) is 8.18. The van der Waals surface area contributed by atoms with Crippen molar-refractivity contribution in [3.8, 4) is 0 Å². The zero-order chi connectivity index (χ0) is 9.23. The van der Waals surface area contributed by atoms with Crippen LogP contribution < -0.4 is 5.32 Å². The molecule has 0 aromatic carbocycles. The van der Waals surface area contributed by atoms with Crippen molar-refractivity contribution in [3.05, 3.63) is 0 Å². The highest BCUT2D eigenvalue weighted by atomic mass is 32.2. The fourth-order valence-corrected chi connectivity index (χ4v) is 1.82. The van der Waals surface area contributed by atoms with Gasteiger partial charge >= 0.3 is 0 Å². The normalized spacial score (nSPS) is 13.2. The quantitative estimate of drug-likeness (QED) is 0.570. The Kier molecular flexibility index (Phi) is 9.57. The maximum absolute atomic E-state index is 8.56. The van der Waals surface area contributed by atoms with Crippen LogP contribution in [0, 0.1) is 0 Å². The zero-order valence-corrected chi connectivity index (χ0v) is 8.99. The summed E-state index contributed by atoms with van der Waals surface area (Å²) >= 11 is 1.89. The van der Waals surface area contributed by atoms with Gasteiger partial charge in [0.05, 0.1) is 0 Å². The standard InChI is InChI=1S/C9H21NOS/c1-3-9(8-12-2)10-6-4-5-7-11/h9-11H,3-8H2,1-2H3. The topological polar surface area (TPSA) is 32.3 Å². The summed E-state index contributed by atoms with van der Waals surface area (Å²) < 4.78 is 0. The van der Waals surface area contributed by atoms with Gasteiger partial charge in [-0.1, -0.05) is 6.92 Å². The van der Waals surface area contributed by atoms with E-state index in [1.165, 1.54) is 12.2 Å². The molecule has 2 N–H and O–H groups in total. The van der Waals surface area contributed by atoms with Crippen LogP contribution in [-0.4, -0.2) is 36.3 Å². The summed E-state index contributed by atoms with van der Waals surface area (Å²) in [6.45, 7) is 3.57. The Morgan fingerprint density at radius 1 is 1.42 bits per heavy atom. The van der Waals surface area contributed by atoms with E-state index < -0.39 is 0 Å². The highest BCUT2D eigenvalue weighted by Crippen LogP contribution is 2.00. The van der Waals surface area contributed by atoms with E-state index in [-0.39, 0.29) is 0 Å². The summed E-state index contributed by atoms with van der Waals surface area (Å²) in [5, 5.41) is 12.0. The second-order valence-corrected chi connectivity index (χ2v) is 3.86. The minimum Gasteiger partial charge on any atom is -0.396 e. The van der Waals surface area contributed by atoms with Crippen molar-refractivity contribution in [1.82, 2.24) is 5.32 Å². The van der Waals surface area contributed by atoms with Crippen molar-refractivity contribution in [2.45, 2.75) is 32.2 Å². The molecule has 0 aliphatic carbocycles. The molecule has 0 radical (unpaired) electrons. The molecule has 0 heterocycles. The molecule has 0 rings (SSSR count). The van der Waals surface area contributed by atoms with Crippen molar-refractivity contribution in [2.75, 3.05) is 25.2 Å². The van der Waals surface area contributed by atoms with Crippen molar-refractivity contribution in [1.29, 1.82) is 0 Å². The van der Waals surface area contributed by atoms with E-state index in [0.717, 1.165) is 19.4 Å². The van der Waals surface area contributed by atoms with Gasteiger partial charge in [-0.3, -0.25) is 0 Å². The van der Waals surface area contributed by atoms with Gasteiger partial charge in [-0.2, -0.15) is 11.8 Å². The molecule has 0 aromatic heterocycles. The smallest absolute Gasteiger partial charge is 0.0431 e. The van der Waals surface area contributed by atoms with E-state index in [9.17, 15) is 0 Å². The Morgan fingerprint density at radius 2 is 2.17 bits per heavy atom. The summed E-state index contributed by atoms with van der Waals surface area (Å²) in [5.74, 6) is 1.19. The molecule has 0 saturated carbocycles. The van der Waals surface area contributed by atoms with Crippen LogP contribution in [0.3, 0.4) is 0 Å². The minimum atomic E-state index is 0.320. The Hall–Kier alpha value is 0.270. The van der Waals surface area contributed by atoms with Crippen LogP contribution in [0.2, 0.25) is 0 Å². The fourth-order valence-electron chi connectivity index (χ4n) is 1.07. The van der Waals surface area contributed by atoms with Gasteiger partial charge in [0.25, 0.3) is 0 Å². The number of unbranched alkanes of at least 4 members (excludes halogenated alkanes) is 1. The molecule has 1 unspecified atom stereocenters. The first-order chi connectivity index (χ1) is 5.85. The molecular weight excluding hydrogens is 170 g/mol. The Bertz CT molecular complexity index is 90.6. The van der Waals surface area contributed by atoms with E-state index in [1.807, 2.05) is 11.8 Å². The lowest BCUT2D eigenvalue weighted by Gasteiger charge is -2.14. The van der Waals surface area contributed by atoms with E-state index in [2.05, 4.69) is 18.5 Å². The molecule has 0 saturated heterocycles. The summed E-state index contributed by atoms with van der Waals surface area (Å²) in [6.07, 6.45) is 5.34. The molecule has 0 amide bonds. The van der Waals surface area contributed by atoms with Crippen molar-refractivity contribution in [3.63, 3.8) is 0 Å². The van der Waals surface area contributed by atoms with Gasteiger partial charge in [0.15, 0.2) is 0 Å². The molecule has 1 atom stereocenters. The van der Waals surface area contributed by atoms with Gasteiger partial charge in [-0.15, -0.1) is 0 Å². The predicted octanol–water partition coefficient (Wildman–Crippen LogP) is 1.49. The molecule has 0 bridgehead atoms. The highest BCUT2D eigenvalue weighted by molar-refractivity contribution is 7.98. The molecule has 0 aliphatic heterocycles. The number of nitrogens with one attached hydrogen (secondary N) is 1. The Labute approximate surface area is 80.1 Å². The second kappa shape index (κ2) is 9.36. The minimum absolute atomic E-state index is 0.320. The number of hydrogen-bond donors (Lipinski definition) is 2. The van der Waals surface area contributed by atoms with Gasteiger partial charge < -0.3 is 10.4 Å². The molecule has 74 valence electrons. The van der Waals surface area contributed by atoms with E-state index in [1.54, 1.807) is 0 Å². The van der Waals surface area contributed by atoms with E-state index in [0.29, 0.717) is 12.6 Å². The maximum atomic E-state index is 8.56. The first-order valence-corrected chi connectivity index (χ1v) is 6.07. The molecule has 0 aromatic rings. The summed E-state index contributed by atoms with van der Waals surface area (Å²) in [4.78, 5) is 0. The van der Waals surface area contributed by atoms with Crippen LogP contribution >= 0.6 is 11.8 Å². The first kappa shape index (κ1) is 12.3. The van der Waals surface area contributed by atoms with Crippen LogP contribution in [-0.2, 0) is 0 Å². The fraction of sp³-hybridized carbons (Fsp3) is 1.00. The molecule has 2 nitrogen and oxygen atoms in total. The monoisotopic (exact) mass is 191 g/mol. The number of hydrogen-bond acceptors (Lipinski definition) is 3. The average molecular weight is 191 g/mol. The number of aliphatic hydroxyl groups excluding tert-OH is 1. The van der Waals surface area contributed by atoms with Gasteiger partial charge in [-0.05, 0) is 32.1 Å². The summed E-state index contributed by atoms with van der Waals surface area (Å²) in [6, 6.07) is 0.652. The third kappa shape index (κ3) is 6.95. The summed E-state index contributed by atoms with van der Waals surface area (Å²) in [7, 11) is 0. The van der Waals surface area contributed by atoms with Crippen LogP contribution in [0.25, 0.3) is 0 Å². The Morgan fingerprint density at radius 3 is 2.67 bits per heavy atom. The third-order valence-electron chi connectivity index (χ3n) is 1.88. The predicted molar refractivity (Wildman–Crippen MR) is 56.8 cm³/mol. The number of thioether (sulfide) groups is 1. The van der Waals surface area contributed by atoms with E-state index >= 15 is 0 Å². The third-order valence-corrected chi connectivity index (χ3v) is 2.61. The molecule has 0 spiro atoms. The molecule has 0 fully saturated rings. The second-order valence-electron chi connectivity index (χ2n) is 2.95. The lowest BCUT2D eigenvalue weighted by molar-refractivity contribution is 0.282. The Balaban J connectivity index is 3.19. The SMILES string of the molecule is CCC(CSC)NCCCCO. The van der Waals surface area contributed by atoms with Crippen molar-refractivity contribution in [2.24, 2.45) is 0 Å². The van der Waals surface area contributed by atoms with Crippen LogP contribution in [0.4, 0.5) is 0 Å². The van der Waals surface area contributed by atoms with Gasteiger partial charge in [0.1, 0.15) is 0 Å². The largest absolute Gasteiger partial charge is 0.396 e. The van der Waals surface area contributed by atoms with Gasteiger partial charge in [-0.25, -0.2) is 0 Å². The molecular formula is C9H21NOS. The van der Waals surface area contributed by atoms with Crippen LogP contribution in [0.5, 0.6) is 0 Å². The van der Waals surface area contributed by atoms with Crippen LogP contribution in [0.1, 0.15) is 26.2 Å². The first-order valence-electron chi connectivity index (χ1n) is 4.68.